The monoisotopic (exact) mass is 251 g/mol. The van der Waals surface area contributed by atoms with Crippen LogP contribution >= 0.6 is 0 Å². The number of ether oxygens (including phenoxy) is 1. The maximum atomic E-state index is 11.1. The van der Waals surface area contributed by atoms with Gasteiger partial charge < -0.3 is 15.6 Å². The van der Waals surface area contributed by atoms with E-state index in [2.05, 4.69) is 0 Å². The minimum Gasteiger partial charge on any atom is -0.481 e. The van der Waals surface area contributed by atoms with Crippen LogP contribution in [0.4, 0.5) is 0 Å². The Hall–Kier alpha value is -1.39. The Kier molecular flexibility index (Phi) is 6.39. The Labute approximate surface area is 108 Å². The van der Waals surface area contributed by atoms with Gasteiger partial charge in [0.1, 0.15) is 6.23 Å². The first-order chi connectivity index (χ1) is 8.65. The first-order valence-electron chi connectivity index (χ1n) is 6.29. The second kappa shape index (κ2) is 7.84. The third kappa shape index (κ3) is 4.85. The SMILES string of the molecule is CCCC[C@@H](C(=O)O)C(N)OCc1ccccc1. The van der Waals surface area contributed by atoms with Crippen molar-refractivity contribution < 1.29 is 14.6 Å². The number of carbonyl (C=O) groups is 1. The molecule has 0 aromatic heterocycles. The molecule has 0 aliphatic rings. The van der Waals surface area contributed by atoms with E-state index in [9.17, 15) is 4.79 Å². The molecular weight excluding hydrogens is 230 g/mol. The first kappa shape index (κ1) is 14.7. The smallest absolute Gasteiger partial charge is 0.310 e. The van der Waals surface area contributed by atoms with Gasteiger partial charge >= 0.3 is 5.97 Å². The molecule has 4 nitrogen and oxygen atoms in total. The van der Waals surface area contributed by atoms with Crippen molar-refractivity contribution in [3.05, 3.63) is 35.9 Å². The lowest BCUT2D eigenvalue weighted by atomic mass is 10.0. The number of aliphatic carboxylic acids is 1. The summed E-state index contributed by atoms with van der Waals surface area (Å²) in [6, 6.07) is 9.60. The highest BCUT2D eigenvalue weighted by atomic mass is 16.5. The zero-order valence-corrected chi connectivity index (χ0v) is 10.7. The lowest BCUT2D eigenvalue weighted by molar-refractivity contribution is -0.148. The molecule has 0 amide bonds. The van der Waals surface area contributed by atoms with Crippen molar-refractivity contribution in [2.45, 2.75) is 39.0 Å². The zero-order chi connectivity index (χ0) is 13.4. The third-order valence-corrected chi connectivity index (χ3v) is 2.87. The van der Waals surface area contributed by atoms with Crippen molar-refractivity contribution in [2.75, 3.05) is 0 Å². The number of nitrogens with two attached hydrogens (primary N) is 1. The summed E-state index contributed by atoms with van der Waals surface area (Å²) in [6.07, 6.45) is 1.60. The van der Waals surface area contributed by atoms with E-state index in [0.717, 1.165) is 18.4 Å². The third-order valence-electron chi connectivity index (χ3n) is 2.87. The summed E-state index contributed by atoms with van der Waals surface area (Å²) in [4.78, 5) is 11.1. The maximum absolute atomic E-state index is 11.1. The number of hydrogen-bond acceptors (Lipinski definition) is 3. The molecule has 0 saturated carbocycles. The standard InChI is InChI=1S/C14H21NO3/c1-2-3-9-12(14(16)17)13(15)18-10-11-7-5-4-6-8-11/h4-8,12-13H,2-3,9-10,15H2,1H3,(H,16,17)/t12-,13?/m1/s1. The fourth-order valence-electron chi connectivity index (χ4n) is 1.74. The van der Waals surface area contributed by atoms with Gasteiger partial charge in [0.15, 0.2) is 0 Å². The van der Waals surface area contributed by atoms with Crippen molar-refractivity contribution in [3.63, 3.8) is 0 Å². The van der Waals surface area contributed by atoms with E-state index < -0.39 is 18.1 Å². The highest BCUT2D eigenvalue weighted by Crippen LogP contribution is 2.14. The number of rotatable bonds is 8. The largest absolute Gasteiger partial charge is 0.481 e. The van der Waals surface area contributed by atoms with Crippen LogP contribution in [0.15, 0.2) is 30.3 Å². The summed E-state index contributed by atoms with van der Waals surface area (Å²) in [5.41, 5.74) is 6.80. The molecule has 0 aliphatic carbocycles. The molecule has 0 fully saturated rings. The quantitative estimate of drug-likeness (QED) is 0.696. The maximum Gasteiger partial charge on any atom is 0.310 e. The van der Waals surface area contributed by atoms with Crippen LogP contribution in [0.5, 0.6) is 0 Å². The summed E-state index contributed by atoms with van der Waals surface area (Å²) in [7, 11) is 0. The molecule has 0 saturated heterocycles. The fourth-order valence-corrected chi connectivity index (χ4v) is 1.74. The molecule has 0 radical (unpaired) electrons. The summed E-state index contributed by atoms with van der Waals surface area (Å²) in [5, 5.41) is 9.11. The molecular formula is C14H21NO3. The van der Waals surface area contributed by atoms with E-state index in [-0.39, 0.29) is 0 Å². The molecule has 1 aromatic carbocycles. The predicted octanol–water partition coefficient (Wildman–Crippen LogP) is 2.38. The lowest BCUT2D eigenvalue weighted by Gasteiger charge is -2.20. The van der Waals surface area contributed by atoms with Crippen molar-refractivity contribution >= 4 is 5.97 Å². The van der Waals surface area contributed by atoms with Gasteiger partial charge in [-0.3, -0.25) is 4.79 Å². The highest BCUT2D eigenvalue weighted by Gasteiger charge is 2.25. The van der Waals surface area contributed by atoms with E-state index in [1.165, 1.54) is 0 Å². The molecule has 0 aliphatic heterocycles. The van der Waals surface area contributed by atoms with Crippen molar-refractivity contribution in [1.82, 2.24) is 0 Å². The number of benzene rings is 1. The van der Waals surface area contributed by atoms with Crippen LogP contribution in [-0.2, 0) is 16.1 Å². The fraction of sp³-hybridized carbons (Fsp3) is 0.500. The molecule has 1 aromatic rings. The number of carboxylic acids is 1. The summed E-state index contributed by atoms with van der Waals surface area (Å²) < 4.78 is 5.45. The number of carboxylic acid groups (broad SMARTS) is 1. The average Bonchev–Trinajstić information content (AvgIpc) is 2.37. The van der Waals surface area contributed by atoms with E-state index in [4.69, 9.17) is 15.6 Å². The van der Waals surface area contributed by atoms with Crippen molar-refractivity contribution in [3.8, 4) is 0 Å². The van der Waals surface area contributed by atoms with Gasteiger partial charge in [-0.05, 0) is 12.0 Å². The van der Waals surface area contributed by atoms with Crippen LogP contribution in [0, 0.1) is 5.92 Å². The molecule has 18 heavy (non-hydrogen) atoms. The Balaban J connectivity index is 2.46. The molecule has 2 atom stereocenters. The predicted molar refractivity (Wildman–Crippen MR) is 69.9 cm³/mol. The van der Waals surface area contributed by atoms with Crippen molar-refractivity contribution in [1.29, 1.82) is 0 Å². The molecule has 0 spiro atoms. The van der Waals surface area contributed by atoms with E-state index in [1.54, 1.807) is 0 Å². The van der Waals surface area contributed by atoms with Gasteiger partial charge in [-0.1, -0.05) is 50.1 Å². The minimum absolute atomic E-state index is 0.345. The average molecular weight is 251 g/mol. The van der Waals surface area contributed by atoms with E-state index in [0.29, 0.717) is 13.0 Å². The topological polar surface area (TPSA) is 72.5 Å². The lowest BCUT2D eigenvalue weighted by Crippen LogP contribution is -2.37. The van der Waals surface area contributed by atoms with Gasteiger partial charge in [0.2, 0.25) is 0 Å². The molecule has 0 bridgehead atoms. The molecule has 100 valence electrons. The van der Waals surface area contributed by atoms with E-state index >= 15 is 0 Å². The molecule has 4 heteroatoms. The van der Waals surface area contributed by atoms with E-state index in [1.807, 2.05) is 37.3 Å². The zero-order valence-electron chi connectivity index (χ0n) is 10.7. The van der Waals surface area contributed by atoms with Crippen LogP contribution in [-0.4, -0.2) is 17.3 Å². The summed E-state index contributed by atoms with van der Waals surface area (Å²) in [6.45, 7) is 2.37. The molecule has 0 heterocycles. The second-order valence-corrected chi connectivity index (χ2v) is 4.35. The van der Waals surface area contributed by atoms with Gasteiger partial charge in [0.05, 0.1) is 12.5 Å². The Morgan fingerprint density at radius 1 is 1.39 bits per heavy atom. The van der Waals surface area contributed by atoms with Crippen LogP contribution < -0.4 is 5.73 Å². The van der Waals surface area contributed by atoms with Crippen molar-refractivity contribution in [2.24, 2.45) is 11.7 Å². The molecule has 3 N–H and O–H groups in total. The Morgan fingerprint density at radius 3 is 2.61 bits per heavy atom. The van der Waals surface area contributed by atoms with Gasteiger partial charge in [-0.15, -0.1) is 0 Å². The Morgan fingerprint density at radius 2 is 2.06 bits per heavy atom. The van der Waals surface area contributed by atoms with Crippen LogP contribution in [0.25, 0.3) is 0 Å². The van der Waals surface area contributed by atoms with Gasteiger partial charge in [-0.2, -0.15) is 0 Å². The second-order valence-electron chi connectivity index (χ2n) is 4.35. The molecule has 1 rings (SSSR count). The molecule has 1 unspecified atom stereocenters. The van der Waals surface area contributed by atoms with Crippen LogP contribution in [0.3, 0.4) is 0 Å². The highest BCUT2D eigenvalue weighted by molar-refractivity contribution is 5.70. The number of hydrogen-bond donors (Lipinski definition) is 2. The van der Waals surface area contributed by atoms with Gasteiger partial charge in [-0.25, -0.2) is 0 Å². The Bertz CT molecular complexity index is 353. The first-order valence-corrected chi connectivity index (χ1v) is 6.29. The van der Waals surface area contributed by atoms with Gasteiger partial charge in [0, 0.05) is 0 Å². The minimum atomic E-state index is -0.885. The van der Waals surface area contributed by atoms with Crippen LogP contribution in [0.2, 0.25) is 0 Å². The van der Waals surface area contributed by atoms with Crippen LogP contribution in [0.1, 0.15) is 31.7 Å². The normalized spacial score (nSPS) is 14.1. The number of unbranched alkanes of at least 4 members (excludes halogenated alkanes) is 1. The summed E-state index contributed by atoms with van der Waals surface area (Å²) in [5.74, 6) is -1.52. The van der Waals surface area contributed by atoms with Gasteiger partial charge in [0.25, 0.3) is 0 Å². The summed E-state index contributed by atoms with van der Waals surface area (Å²) >= 11 is 0.